The number of nitrogens with zero attached hydrogens (tertiary/aromatic N) is 1. The van der Waals surface area contributed by atoms with Gasteiger partial charge in [0, 0.05) is 11.4 Å². The molecule has 0 heterocycles. The van der Waals surface area contributed by atoms with Crippen LogP contribution >= 0.6 is 0 Å². The third kappa shape index (κ3) is 5.25. The molecule has 2 nitrogen and oxygen atoms in total. The van der Waals surface area contributed by atoms with E-state index in [9.17, 15) is 0 Å². The van der Waals surface area contributed by atoms with Crippen LogP contribution in [0, 0.1) is 0 Å². The first-order valence-electron chi connectivity index (χ1n) is 2.55. The summed E-state index contributed by atoms with van der Waals surface area (Å²) < 4.78 is 0. The van der Waals surface area contributed by atoms with Crippen LogP contribution in [0.1, 0.15) is 20.8 Å². The monoisotopic (exact) mass is 112 g/mol. The van der Waals surface area contributed by atoms with E-state index in [1.165, 1.54) is 0 Å². The molecule has 0 bridgehead atoms. The molecule has 0 saturated heterocycles. The van der Waals surface area contributed by atoms with Crippen LogP contribution in [0.2, 0.25) is 0 Å². The molecule has 0 rings (SSSR count). The molecule has 0 unspecified atom stereocenters. The van der Waals surface area contributed by atoms with Gasteiger partial charge in [0.25, 0.3) is 0 Å². The van der Waals surface area contributed by atoms with Gasteiger partial charge in [0.15, 0.2) is 0 Å². The van der Waals surface area contributed by atoms with E-state index in [1.807, 2.05) is 20.8 Å². The second kappa shape index (κ2) is 2.53. The van der Waals surface area contributed by atoms with E-state index in [0.717, 1.165) is 0 Å². The maximum Gasteiger partial charge on any atom is 0.0472 e. The lowest BCUT2D eigenvalue weighted by Gasteiger charge is -2.15. The van der Waals surface area contributed by atoms with Crippen molar-refractivity contribution in [3.63, 3.8) is 0 Å². The van der Waals surface area contributed by atoms with Crippen LogP contribution in [0.15, 0.2) is 11.7 Å². The third-order valence-corrected chi connectivity index (χ3v) is 0.470. The van der Waals surface area contributed by atoms with Gasteiger partial charge >= 0.3 is 0 Å². The Balaban J connectivity index is 3.55. The van der Waals surface area contributed by atoms with Crippen molar-refractivity contribution in [3.8, 4) is 0 Å². The van der Waals surface area contributed by atoms with E-state index in [0.29, 0.717) is 0 Å². The van der Waals surface area contributed by atoms with Gasteiger partial charge in [-0.05, 0) is 27.4 Å². The Morgan fingerprint density at radius 2 is 2.00 bits per heavy atom. The normalized spacial score (nSPS) is 9.88. The molecule has 1 N–H and O–H groups in total. The summed E-state index contributed by atoms with van der Waals surface area (Å²) in [5, 5.41) is 3.63. The van der Waals surface area contributed by atoms with Gasteiger partial charge in [0.05, 0.1) is 0 Å². The molecule has 0 aromatic heterocycles. The smallest absolute Gasteiger partial charge is 0.0472 e. The average Bonchev–Trinajstić information content (AvgIpc) is 1.59. The van der Waals surface area contributed by atoms with Crippen molar-refractivity contribution in [1.29, 1.82) is 0 Å². The minimum absolute atomic E-state index is 0.0324. The van der Waals surface area contributed by atoms with Crippen LogP contribution in [-0.4, -0.2) is 11.4 Å². The first-order valence-corrected chi connectivity index (χ1v) is 2.55. The number of hydrogen-bond acceptors (Lipinski definition) is 2. The van der Waals surface area contributed by atoms with E-state index >= 15 is 0 Å². The fourth-order valence-corrected chi connectivity index (χ4v) is 0.207. The molecule has 0 aliphatic rings. The minimum Gasteiger partial charge on any atom is -0.297 e. The summed E-state index contributed by atoms with van der Waals surface area (Å²) >= 11 is 0. The molecule has 0 aromatic carbocycles. The third-order valence-electron chi connectivity index (χ3n) is 0.470. The molecule has 0 atom stereocenters. The van der Waals surface area contributed by atoms with Crippen molar-refractivity contribution < 1.29 is 0 Å². The number of hydrazone groups is 1. The minimum atomic E-state index is 0.0324. The number of nitrogens with one attached hydrogen (secondary N) is 1. The fraction of sp³-hybridized carbons (Fsp3) is 0.667. The Bertz CT molecular complexity index is 104. The molecular weight excluding hydrogens is 100 g/mol. The maximum absolute atomic E-state index is 3.63. The van der Waals surface area contributed by atoms with Crippen molar-refractivity contribution >= 4 is 5.87 Å². The zero-order chi connectivity index (χ0) is 6.62. The highest BCUT2D eigenvalue weighted by atomic mass is 15.3. The molecule has 0 aromatic rings. The molecule has 0 fully saturated rings. The van der Waals surface area contributed by atoms with Crippen molar-refractivity contribution in [1.82, 2.24) is 5.43 Å². The molecule has 0 aliphatic carbocycles. The van der Waals surface area contributed by atoms with E-state index in [1.54, 1.807) is 0 Å². The molecule has 0 spiro atoms. The average molecular weight is 112 g/mol. The summed E-state index contributed by atoms with van der Waals surface area (Å²) in [5.41, 5.74) is 2.86. The Hall–Kier alpha value is -0.750. The zero-order valence-electron chi connectivity index (χ0n) is 5.65. The van der Waals surface area contributed by atoms with Gasteiger partial charge in [-0.2, -0.15) is 0 Å². The Kier molecular flexibility index (Phi) is 2.29. The lowest BCUT2D eigenvalue weighted by molar-refractivity contribution is 0.443. The SMILES string of the molecule is C=C=NNC(C)(C)C. The summed E-state index contributed by atoms with van der Waals surface area (Å²) in [7, 11) is 0. The summed E-state index contributed by atoms with van der Waals surface area (Å²) in [6.45, 7) is 9.37. The topological polar surface area (TPSA) is 24.4 Å². The summed E-state index contributed by atoms with van der Waals surface area (Å²) in [4.78, 5) is 0. The van der Waals surface area contributed by atoms with Gasteiger partial charge in [0.2, 0.25) is 0 Å². The summed E-state index contributed by atoms with van der Waals surface area (Å²) in [6.07, 6.45) is 0. The van der Waals surface area contributed by atoms with Gasteiger partial charge in [-0.25, -0.2) is 0 Å². The van der Waals surface area contributed by atoms with Crippen LogP contribution in [-0.2, 0) is 0 Å². The van der Waals surface area contributed by atoms with Crippen molar-refractivity contribution in [2.24, 2.45) is 5.10 Å². The maximum atomic E-state index is 3.63. The van der Waals surface area contributed by atoms with Crippen molar-refractivity contribution in [2.75, 3.05) is 0 Å². The van der Waals surface area contributed by atoms with Gasteiger partial charge in [-0.1, -0.05) is 0 Å². The van der Waals surface area contributed by atoms with Crippen molar-refractivity contribution in [3.05, 3.63) is 6.58 Å². The predicted molar refractivity (Wildman–Crippen MR) is 36.0 cm³/mol. The van der Waals surface area contributed by atoms with Gasteiger partial charge in [-0.15, -0.1) is 5.10 Å². The zero-order valence-corrected chi connectivity index (χ0v) is 5.65. The number of rotatable bonds is 1. The molecule has 0 radical (unpaired) electrons. The molecule has 0 amide bonds. The van der Waals surface area contributed by atoms with E-state index in [-0.39, 0.29) is 5.54 Å². The highest BCUT2D eigenvalue weighted by molar-refractivity contribution is 5.45. The van der Waals surface area contributed by atoms with Crippen LogP contribution in [0.5, 0.6) is 0 Å². The Morgan fingerprint density at radius 3 is 2.12 bits per heavy atom. The Morgan fingerprint density at radius 1 is 1.50 bits per heavy atom. The molecule has 2 heteroatoms. The van der Waals surface area contributed by atoms with E-state index in [4.69, 9.17) is 0 Å². The molecule has 46 valence electrons. The summed E-state index contributed by atoms with van der Waals surface area (Å²) in [6, 6.07) is 0. The first-order chi connectivity index (χ1) is 3.56. The molecular formula is C6H12N2. The van der Waals surface area contributed by atoms with Crippen LogP contribution in [0.3, 0.4) is 0 Å². The number of hydrogen-bond donors (Lipinski definition) is 1. The van der Waals surface area contributed by atoms with Crippen LogP contribution in [0.25, 0.3) is 0 Å². The van der Waals surface area contributed by atoms with Crippen molar-refractivity contribution in [2.45, 2.75) is 26.3 Å². The van der Waals surface area contributed by atoms with Gasteiger partial charge in [-0.3, -0.25) is 5.43 Å². The molecule has 0 aliphatic heterocycles. The fourth-order valence-electron chi connectivity index (χ4n) is 0.207. The largest absolute Gasteiger partial charge is 0.297 e. The standard InChI is InChI=1S/C6H12N2/c1-5-7-8-6(2,3)4/h8H,1H2,2-4H3. The highest BCUT2D eigenvalue weighted by Crippen LogP contribution is 1.96. The van der Waals surface area contributed by atoms with Crippen LogP contribution in [0.4, 0.5) is 0 Å². The molecule has 8 heavy (non-hydrogen) atoms. The second-order valence-corrected chi connectivity index (χ2v) is 2.63. The lowest BCUT2D eigenvalue weighted by Crippen LogP contribution is -2.30. The van der Waals surface area contributed by atoms with E-state index in [2.05, 4.69) is 23.0 Å². The second-order valence-electron chi connectivity index (χ2n) is 2.63. The van der Waals surface area contributed by atoms with Crippen LogP contribution < -0.4 is 5.43 Å². The molecule has 0 saturated carbocycles. The van der Waals surface area contributed by atoms with E-state index < -0.39 is 0 Å². The summed E-state index contributed by atoms with van der Waals surface area (Å²) in [5.74, 6) is 2.39. The quantitative estimate of drug-likeness (QED) is 0.399. The predicted octanol–water partition coefficient (Wildman–Crippen LogP) is 1.15. The van der Waals surface area contributed by atoms with Gasteiger partial charge < -0.3 is 0 Å². The Labute approximate surface area is 50.3 Å². The van der Waals surface area contributed by atoms with Gasteiger partial charge in [0.1, 0.15) is 0 Å². The highest BCUT2D eigenvalue weighted by Gasteiger charge is 2.04. The lowest BCUT2D eigenvalue weighted by atomic mass is 10.1. The first kappa shape index (κ1) is 7.25.